The predicted molar refractivity (Wildman–Crippen MR) is 82.7 cm³/mol. The van der Waals surface area contributed by atoms with Gasteiger partial charge in [0.05, 0.1) is 22.2 Å². The first-order valence-corrected chi connectivity index (χ1v) is 6.68. The Morgan fingerprint density at radius 1 is 1.36 bits per heavy atom. The van der Waals surface area contributed by atoms with Gasteiger partial charge in [0.2, 0.25) is 5.75 Å². The second-order valence-electron chi connectivity index (χ2n) is 4.83. The zero-order valence-electron chi connectivity index (χ0n) is 12.4. The van der Waals surface area contributed by atoms with E-state index in [1.54, 1.807) is 0 Å². The maximum atomic E-state index is 11.3. The number of phenols is 1. The van der Waals surface area contributed by atoms with Gasteiger partial charge in [-0.05, 0) is 0 Å². The Bertz CT molecular complexity index is 847. The van der Waals surface area contributed by atoms with Crippen molar-refractivity contribution < 1.29 is 24.9 Å². The summed E-state index contributed by atoms with van der Waals surface area (Å²) in [7, 11) is 0. The number of phenolic OH excluding ortho intramolecular Hbond substituents is 1. The number of nitro groups is 2. The summed E-state index contributed by atoms with van der Waals surface area (Å²) in [4.78, 5) is 41.3. The maximum Gasteiger partial charge on any atom is 0.328 e. The molecule has 0 saturated heterocycles. The number of H-pyrrole nitrogens is 1. The van der Waals surface area contributed by atoms with Gasteiger partial charge < -0.3 is 15.2 Å². The van der Waals surface area contributed by atoms with Crippen LogP contribution < -0.4 is 0 Å². The molecule has 0 bridgehead atoms. The quantitative estimate of drug-likeness (QED) is 0.376. The molecule has 1 aromatic heterocycles. The molecule has 12 nitrogen and oxygen atoms in total. The van der Waals surface area contributed by atoms with Gasteiger partial charge >= 0.3 is 11.7 Å². The Hall–Kier alpha value is -3.83. The number of carboxylic acid groups (broad SMARTS) is 1. The number of non-ortho nitro benzene ring substituents is 1. The lowest BCUT2D eigenvalue weighted by Gasteiger charge is -2.06. The number of aromatic amines is 1. The average molecular weight is 349 g/mol. The third-order valence-corrected chi connectivity index (χ3v) is 3.16. The monoisotopic (exact) mass is 349 g/mol. The van der Waals surface area contributed by atoms with Crippen molar-refractivity contribution in [3.63, 3.8) is 0 Å². The second kappa shape index (κ2) is 7.16. The number of hydrogen-bond acceptors (Lipinski definition) is 8. The smallest absolute Gasteiger partial charge is 0.328 e. The van der Waals surface area contributed by atoms with Crippen LogP contribution in [0, 0.1) is 20.2 Å². The van der Waals surface area contributed by atoms with Crippen LogP contribution in [0.15, 0.2) is 29.6 Å². The van der Waals surface area contributed by atoms with E-state index in [4.69, 9.17) is 0 Å². The summed E-state index contributed by atoms with van der Waals surface area (Å²) in [6.45, 7) is 0. The fourth-order valence-electron chi connectivity index (χ4n) is 1.95. The van der Waals surface area contributed by atoms with E-state index in [1.807, 2.05) is 0 Å². The Morgan fingerprint density at radius 3 is 2.60 bits per heavy atom. The number of benzene rings is 1. The summed E-state index contributed by atoms with van der Waals surface area (Å²) in [6, 6.07) is 0.186. The number of carboxylic acids is 1. The molecule has 0 unspecified atom stereocenters. The Morgan fingerprint density at radius 2 is 2.08 bits per heavy atom. The van der Waals surface area contributed by atoms with Gasteiger partial charge in [0, 0.05) is 36.2 Å². The van der Waals surface area contributed by atoms with Gasteiger partial charge in [-0.1, -0.05) is 0 Å². The van der Waals surface area contributed by atoms with Crippen molar-refractivity contribution in [3.05, 3.63) is 56.1 Å². The van der Waals surface area contributed by atoms with Crippen molar-refractivity contribution in [2.75, 3.05) is 0 Å². The molecule has 0 aliphatic heterocycles. The molecule has 1 atom stereocenters. The molecule has 0 amide bonds. The SMILES string of the molecule is O=C(O)[C@H](Cc1cnc[nH]1)N=Cc1cc([N+](=O)[O-])cc([N+](=O)[O-])c1O. The highest BCUT2D eigenvalue weighted by atomic mass is 16.6. The highest BCUT2D eigenvalue weighted by Gasteiger charge is 2.24. The second-order valence-corrected chi connectivity index (χ2v) is 4.83. The zero-order chi connectivity index (χ0) is 18.6. The molecular formula is C13H11N5O7. The van der Waals surface area contributed by atoms with Crippen molar-refractivity contribution in [3.8, 4) is 5.75 Å². The van der Waals surface area contributed by atoms with Gasteiger partial charge in [-0.2, -0.15) is 0 Å². The molecule has 25 heavy (non-hydrogen) atoms. The first-order valence-electron chi connectivity index (χ1n) is 6.68. The molecule has 2 rings (SSSR count). The molecule has 0 radical (unpaired) electrons. The van der Waals surface area contributed by atoms with E-state index in [0.29, 0.717) is 11.8 Å². The van der Waals surface area contributed by atoms with Gasteiger partial charge in [-0.15, -0.1) is 0 Å². The highest BCUT2D eigenvalue weighted by molar-refractivity contribution is 5.89. The Kier molecular flexibility index (Phi) is 5.02. The lowest BCUT2D eigenvalue weighted by atomic mass is 10.1. The van der Waals surface area contributed by atoms with Crippen LogP contribution >= 0.6 is 0 Å². The number of aromatic nitrogens is 2. The average Bonchev–Trinajstić information content (AvgIpc) is 3.04. The standard InChI is InChI=1S/C13H11N5O7/c19-12-7(1-9(17(22)23)3-11(12)18(24)25)4-15-10(13(20)21)2-8-5-14-6-16-8/h1,3-6,10,19H,2H2,(H,14,16)(H,20,21)/t10-/m0/s1. The Labute approximate surface area is 138 Å². The van der Waals surface area contributed by atoms with Crippen molar-refractivity contribution >= 4 is 23.6 Å². The molecule has 0 aliphatic rings. The number of nitrogens with zero attached hydrogens (tertiary/aromatic N) is 4. The van der Waals surface area contributed by atoms with Crippen LogP contribution in [0.5, 0.6) is 5.75 Å². The van der Waals surface area contributed by atoms with Crippen LogP contribution in [0.2, 0.25) is 0 Å². The summed E-state index contributed by atoms with van der Waals surface area (Å²) >= 11 is 0. The van der Waals surface area contributed by atoms with Crippen LogP contribution in [-0.2, 0) is 11.2 Å². The van der Waals surface area contributed by atoms with Crippen LogP contribution in [-0.4, -0.2) is 48.3 Å². The molecule has 1 aromatic carbocycles. The molecule has 0 aliphatic carbocycles. The minimum absolute atomic E-state index is 0.0520. The van der Waals surface area contributed by atoms with Crippen LogP contribution in [0.3, 0.4) is 0 Å². The van der Waals surface area contributed by atoms with E-state index in [1.165, 1.54) is 12.5 Å². The minimum atomic E-state index is -1.29. The number of aliphatic carboxylic acids is 1. The predicted octanol–water partition coefficient (Wildman–Crippen LogP) is 1.05. The molecule has 130 valence electrons. The normalized spacial score (nSPS) is 12.2. The Balaban J connectivity index is 2.39. The van der Waals surface area contributed by atoms with Crippen molar-refractivity contribution in [1.29, 1.82) is 0 Å². The number of hydrogen-bond donors (Lipinski definition) is 3. The van der Waals surface area contributed by atoms with Crippen LogP contribution in [0.4, 0.5) is 11.4 Å². The van der Waals surface area contributed by atoms with Crippen LogP contribution in [0.1, 0.15) is 11.3 Å². The van der Waals surface area contributed by atoms with Crippen molar-refractivity contribution in [2.24, 2.45) is 4.99 Å². The number of aromatic hydroxyl groups is 1. The first kappa shape index (κ1) is 17.5. The topological polar surface area (TPSA) is 185 Å². The molecule has 0 fully saturated rings. The van der Waals surface area contributed by atoms with E-state index in [0.717, 1.165) is 12.3 Å². The van der Waals surface area contributed by atoms with E-state index in [2.05, 4.69) is 15.0 Å². The van der Waals surface area contributed by atoms with E-state index >= 15 is 0 Å². The number of nitro benzene ring substituents is 2. The van der Waals surface area contributed by atoms with E-state index in [9.17, 15) is 35.2 Å². The molecular weight excluding hydrogens is 338 g/mol. The van der Waals surface area contributed by atoms with E-state index < -0.39 is 39.0 Å². The van der Waals surface area contributed by atoms with Gasteiger partial charge in [-0.25, -0.2) is 9.78 Å². The van der Waals surface area contributed by atoms with Gasteiger partial charge in [-0.3, -0.25) is 25.2 Å². The molecule has 3 N–H and O–H groups in total. The molecule has 12 heteroatoms. The first-order chi connectivity index (χ1) is 11.8. The number of carbonyl (C=O) groups is 1. The lowest BCUT2D eigenvalue weighted by Crippen LogP contribution is -2.21. The summed E-state index contributed by atoms with van der Waals surface area (Å²) < 4.78 is 0. The number of imidazole rings is 1. The molecule has 0 spiro atoms. The van der Waals surface area contributed by atoms with Crippen molar-refractivity contribution in [1.82, 2.24) is 9.97 Å². The van der Waals surface area contributed by atoms with Crippen molar-refractivity contribution in [2.45, 2.75) is 12.5 Å². The third-order valence-electron chi connectivity index (χ3n) is 3.16. The molecule has 1 heterocycles. The summed E-state index contributed by atoms with van der Waals surface area (Å²) in [5, 5.41) is 40.8. The fourth-order valence-corrected chi connectivity index (χ4v) is 1.95. The zero-order valence-corrected chi connectivity index (χ0v) is 12.4. The summed E-state index contributed by atoms with van der Waals surface area (Å²) in [5.74, 6) is -2.13. The van der Waals surface area contributed by atoms with Gasteiger partial charge in [0.1, 0.15) is 0 Å². The summed E-state index contributed by atoms with van der Waals surface area (Å²) in [5.41, 5.74) is -1.36. The molecule has 0 saturated carbocycles. The third kappa shape index (κ3) is 4.13. The van der Waals surface area contributed by atoms with E-state index in [-0.39, 0.29) is 12.0 Å². The highest BCUT2D eigenvalue weighted by Crippen LogP contribution is 2.33. The van der Waals surface area contributed by atoms with Crippen LogP contribution in [0.25, 0.3) is 0 Å². The fraction of sp³-hybridized carbons (Fsp3) is 0.154. The van der Waals surface area contributed by atoms with Gasteiger partial charge in [0.15, 0.2) is 6.04 Å². The number of aliphatic imine (C=N–C) groups is 1. The number of nitrogens with one attached hydrogen (secondary N) is 1. The summed E-state index contributed by atoms with van der Waals surface area (Å²) in [6.07, 6.45) is 3.56. The maximum absolute atomic E-state index is 11.3. The van der Waals surface area contributed by atoms with Gasteiger partial charge in [0.25, 0.3) is 5.69 Å². The largest absolute Gasteiger partial charge is 0.502 e. The minimum Gasteiger partial charge on any atom is -0.502 e. The number of rotatable bonds is 7. The lowest BCUT2D eigenvalue weighted by molar-refractivity contribution is -0.394. The molecule has 2 aromatic rings.